The summed E-state index contributed by atoms with van der Waals surface area (Å²) in [6.45, 7) is 1.36. The molecule has 1 aromatic carbocycles. The average Bonchev–Trinajstić information content (AvgIpc) is 3.29. The topological polar surface area (TPSA) is 149 Å². The van der Waals surface area contributed by atoms with Crippen molar-refractivity contribution < 1.29 is 13.2 Å². The predicted molar refractivity (Wildman–Crippen MR) is 108 cm³/mol. The molecule has 1 saturated heterocycles. The van der Waals surface area contributed by atoms with Crippen molar-refractivity contribution in [2.45, 2.75) is 17.7 Å². The van der Waals surface area contributed by atoms with Crippen LogP contribution in [0.3, 0.4) is 0 Å². The van der Waals surface area contributed by atoms with Crippen molar-refractivity contribution in [3.63, 3.8) is 0 Å². The number of nitrogens with two attached hydrogens (primary N) is 1. The molecule has 0 unspecified atom stereocenters. The highest BCUT2D eigenvalue weighted by Gasteiger charge is 2.26. The zero-order chi connectivity index (χ0) is 21.1. The van der Waals surface area contributed by atoms with Crippen LogP contribution in [0.2, 0.25) is 0 Å². The van der Waals surface area contributed by atoms with Crippen molar-refractivity contribution in [2.24, 2.45) is 11.1 Å². The van der Waals surface area contributed by atoms with Gasteiger partial charge in [-0.3, -0.25) is 4.79 Å². The molecule has 4 rings (SSSR count). The molecular formula is C18H20N8O3S. The molecule has 30 heavy (non-hydrogen) atoms. The number of rotatable bonds is 5. The largest absolute Gasteiger partial charge is 0.355 e. The van der Waals surface area contributed by atoms with Crippen LogP contribution in [-0.4, -0.2) is 52.4 Å². The Hall–Kier alpha value is -3.38. The van der Waals surface area contributed by atoms with Crippen molar-refractivity contribution in [1.82, 2.24) is 25.0 Å². The molecule has 156 valence electrons. The van der Waals surface area contributed by atoms with Crippen molar-refractivity contribution >= 4 is 27.4 Å². The van der Waals surface area contributed by atoms with E-state index in [0.717, 1.165) is 5.82 Å². The molecule has 0 radical (unpaired) electrons. The van der Waals surface area contributed by atoms with E-state index in [1.54, 1.807) is 6.33 Å². The second-order valence-electron chi connectivity index (χ2n) is 6.91. The van der Waals surface area contributed by atoms with E-state index in [9.17, 15) is 13.2 Å². The third-order valence-electron chi connectivity index (χ3n) is 4.93. The molecule has 0 aliphatic carbocycles. The summed E-state index contributed by atoms with van der Waals surface area (Å²) in [6.07, 6.45) is 4.33. The van der Waals surface area contributed by atoms with Gasteiger partial charge < -0.3 is 10.2 Å². The zero-order valence-corrected chi connectivity index (χ0v) is 16.7. The fourth-order valence-corrected chi connectivity index (χ4v) is 3.79. The summed E-state index contributed by atoms with van der Waals surface area (Å²) in [4.78, 5) is 18.5. The molecule has 1 fully saturated rings. The zero-order valence-electron chi connectivity index (χ0n) is 15.9. The first-order valence-electron chi connectivity index (χ1n) is 9.27. The molecule has 0 atom stereocenters. The number of sulfonamides is 1. The Bertz CT molecular complexity index is 1110. The molecule has 3 N–H and O–H groups in total. The number of primary sulfonamides is 1. The molecule has 3 aromatic rings. The number of carbonyl (C=O) groups excluding carboxylic acids is 1. The summed E-state index contributed by atoms with van der Waals surface area (Å²) in [6, 6.07) is 9.49. The van der Waals surface area contributed by atoms with Gasteiger partial charge in [-0.2, -0.15) is 5.10 Å². The van der Waals surface area contributed by atoms with Gasteiger partial charge in [0.05, 0.1) is 4.90 Å². The smallest absolute Gasteiger partial charge is 0.238 e. The van der Waals surface area contributed by atoms with E-state index in [1.165, 1.54) is 35.3 Å². The first-order chi connectivity index (χ1) is 14.4. The summed E-state index contributed by atoms with van der Waals surface area (Å²) >= 11 is 0. The molecule has 2 aromatic heterocycles. The second kappa shape index (κ2) is 8.16. The van der Waals surface area contributed by atoms with E-state index in [2.05, 4.69) is 30.5 Å². The highest BCUT2D eigenvalue weighted by molar-refractivity contribution is 7.89. The van der Waals surface area contributed by atoms with Gasteiger partial charge in [-0.15, -0.1) is 10.2 Å². The van der Waals surface area contributed by atoms with Gasteiger partial charge in [-0.05, 0) is 49.2 Å². The molecule has 12 heteroatoms. The predicted octanol–water partition coefficient (Wildman–Crippen LogP) is 0.560. The number of nitrogens with zero attached hydrogens (tertiary/aromatic N) is 6. The minimum atomic E-state index is -3.75. The lowest BCUT2D eigenvalue weighted by Crippen LogP contribution is -2.38. The maximum absolute atomic E-state index is 12.6. The Morgan fingerprint density at radius 2 is 1.70 bits per heavy atom. The Kier molecular flexibility index (Phi) is 5.42. The number of amides is 1. The highest BCUT2D eigenvalue weighted by Crippen LogP contribution is 2.23. The van der Waals surface area contributed by atoms with Crippen LogP contribution in [0, 0.1) is 5.92 Å². The molecule has 1 amide bonds. The van der Waals surface area contributed by atoms with E-state index in [0.29, 0.717) is 37.4 Å². The van der Waals surface area contributed by atoms with Crippen LogP contribution < -0.4 is 15.4 Å². The van der Waals surface area contributed by atoms with Crippen LogP contribution in [0.1, 0.15) is 12.8 Å². The van der Waals surface area contributed by atoms with Crippen LogP contribution in [-0.2, 0) is 14.8 Å². The summed E-state index contributed by atoms with van der Waals surface area (Å²) in [5.74, 6) is 1.10. The summed E-state index contributed by atoms with van der Waals surface area (Å²) < 4.78 is 24.1. The number of hydrogen-bond donors (Lipinski definition) is 2. The van der Waals surface area contributed by atoms with E-state index in [-0.39, 0.29) is 16.7 Å². The third-order valence-corrected chi connectivity index (χ3v) is 5.86. The molecule has 0 saturated carbocycles. The molecule has 1 aliphatic rings. The normalized spacial score (nSPS) is 15.2. The lowest BCUT2D eigenvalue weighted by molar-refractivity contribution is -0.120. The highest BCUT2D eigenvalue weighted by atomic mass is 32.2. The first-order valence-corrected chi connectivity index (χ1v) is 10.8. The minimum Gasteiger partial charge on any atom is -0.355 e. The Morgan fingerprint density at radius 3 is 2.27 bits per heavy atom. The maximum atomic E-state index is 12.6. The van der Waals surface area contributed by atoms with Crippen molar-refractivity contribution in [3.05, 3.63) is 49.1 Å². The Balaban J connectivity index is 1.32. The first kappa shape index (κ1) is 19.9. The van der Waals surface area contributed by atoms with Gasteiger partial charge in [0.15, 0.2) is 11.6 Å². The van der Waals surface area contributed by atoms with Crippen molar-refractivity contribution in [1.29, 1.82) is 0 Å². The van der Waals surface area contributed by atoms with E-state index in [4.69, 9.17) is 5.14 Å². The standard InChI is InChI=1S/C18H20N8O3S/c19-30(28,29)15-3-1-14(2-4-15)22-18(27)13-7-9-25(10-8-13)16-5-6-17(24-23-16)26-12-20-11-21-26/h1-6,11-13H,7-10H2,(H,22,27)(H2,19,28,29). The SMILES string of the molecule is NS(=O)(=O)c1ccc(NC(=O)C2CCN(c3ccc(-n4cncn4)nn3)CC2)cc1. The summed E-state index contributed by atoms with van der Waals surface area (Å²) in [5, 5.41) is 20.4. The van der Waals surface area contributed by atoms with Crippen molar-refractivity contribution in [2.75, 3.05) is 23.3 Å². The third kappa shape index (κ3) is 4.44. The van der Waals surface area contributed by atoms with Gasteiger partial charge in [-0.1, -0.05) is 0 Å². The van der Waals surface area contributed by atoms with Gasteiger partial charge in [-0.25, -0.2) is 23.2 Å². The molecule has 1 aliphatic heterocycles. The molecule has 11 nitrogen and oxygen atoms in total. The van der Waals surface area contributed by atoms with Crippen molar-refractivity contribution in [3.8, 4) is 5.82 Å². The number of anilines is 2. The maximum Gasteiger partial charge on any atom is 0.238 e. The van der Waals surface area contributed by atoms with Crippen LogP contribution in [0.25, 0.3) is 5.82 Å². The Labute approximate surface area is 173 Å². The minimum absolute atomic E-state index is 0.00440. The molecule has 3 heterocycles. The number of nitrogens with one attached hydrogen (secondary N) is 1. The lowest BCUT2D eigenvalue weighted by atomic mass is 9.96. The number of carbonyl (C=O) groups is 1. The van der Waals surface area contributed by atoms with E-state index < -0.39 is 10.0 Å². The van der Waals surface area contributed by atoms with Crippen LogP contribution in [0.5, 0.6) is 0 Å². The van der Waals surface area contributed by atoms with E-state index in [1.807, 2.05) is 12.1 Å². The average molecular weight is 428 g/mol. The summed E-state index contributed by atoms with van der Waals surface area (Å²) in [7, 11) is -3.75. The van der Waals surface area contributed by atoms with Gasteiger partial charge in [0, 0.05) is 24.7 Å². The molecule has 0 bridgehead atoms. The van der Waals surface area contributed by atoms with Gasteiger partial charge >= 0.3 is 0 Å². The van der Waals surface area contributed by atoms with Crippen LogP contribution in [0.15, 0.2) is 53.9 Å². The molecule has 0 spiro atoms. The van der Waals surface area contributed by atoms with Gasteiger partial charge in [0.2, 0.25) is 15.9 Å². The fraction of sp³-hybridized carbons (Fsp3) is 0.278. The number of hydrogen-bond acceptors (Lipinski definition) is 8. The van der Waals surface area contributed by atoms with Gasteiger partial charge in [0.1, 0.15) is 12.7 Å². The van der Waals surface area contributed by atoms with E-state index >= 15 is 0 Å². The number of aromatic nitrogens is 5. The second-order valence-corrected chi connectivity index (χ2v) is 8.47. The van der Waals surface area contributed by atoms with Crippen LogP contribution >= 0.6 is 0 Å². The van der Waals surface area contributed by atoms with Crippen LogP contribution in [0.4, 0.5) is 11.5 Å². The molecular weight excluding hydrogens is 408 g/mol. The fourth-order valence-electron chi connectivity index (χ4n) is 3.28. The lowest BCUT2D eigenvalue weighted by Gasteiger charge is -2.31. The quantitative estimate of drug-likeness (QED) is 0.599. The number of benzene rings is 1. The Morgan fingerprint density at radius 1 is 1.03 bits per heavy atom. The van der Waals surface area contributed by atoms with Gasteiger partial charge in [0.25, 0.3) is 0 Å². The summed E-state index contributed by atoms with van der Waals surface area (Å²) in [5.41, 5.74) is 0.532. The monoisotopic (exact) mass is 428 g/mol. The number of piperidine rings is 1.